The zero-order valence-electron chi connectivity index (χ0n) is 12.0. The van der Waals surface area contributed by atoms with Crippen LogP contribution in [-0.4, -0.2) is 47.1 Å². The van der Waals surface area contributed by atoms with Gasteiger partial charge in [-0.1, -0.05) is 0 Å². The van der Waals surface area contributed by atoms with Gasteiger partial charge in [0.1, 0.15) is 0 Å². The number of nitrogens with one attached hydrogen (secondary N) is 2. The maximum absolute atomic E-state index is 11.8. The highest BCUT2D eigenvalue weighted by atomic mass is 16.5. The summed E-state index contributed by atoms with van der Waals surface area (Å²) < 4.78 is 4.92. The molecular formula is C13H23N3O3. The molecule has 19 heavy (non-hydrogen) atoms. The molecule has 0 radical (unpaired) electrons. The smallest absolute Gasteiger partial charge is 0.224 e. The number of hydrogen-bond donors (Lipinski definition) is 3. The Morgan fingerprint density at radius 3 is 2.74 bits per heavy atom. The lowest BCUT2D eigenvalue weighted by Gasteiger charge is -2.23. The van der Waals surface area contributed by atoms with Gasteiger partial charge < -0.3 is 15.2 Å². The molecule has 0 aliphatic carbocycles. The number of nitrogens with zero attached hydrogens (tertiary/aromatic N) is 1. The van der Waals surface area contributed by atoms with Crippen molar-refractivity contribution in [2.75, 3.05) is 20.3 Å². The standard InChI is InChI=1S/C13H23N3O3/c1-9-11(10(2)16-15-9)7-12(17)14-8-13(3,18)5-6-19-4/h18H,5-8H2,1-4H3,(H,14,17)(H,15,16). The second-order valence-corrected chi connectivity index (χ2v) is 5.11. The van der Waals surface area contributed by atoms with E-state index in [0.29, 0.717) is 13.0 Å². The number of aromatic amines is 1. The molecule has 0 aromatic carbocycles. The molecule has 1 aromatic heterocycles. The summed E-state index contributed by atoms with van der Waals surface area (Å²) >= 11 is 0. The maximum atomic E-state index is 11.8. The van der Waals surface area contributed by atoms with Crippen LogP contribution < -0.4 is 5.32 Å². The van der Waals surface area contributed by atoms with Crippen molar-refractivity contribution in [3.63, 3.8) is 0 Å². The van der Waals surface area contributed by atoms with Gasteiger partial charge >= 0.3 is 0 Å². The highest BCUT2D eigenvalue weighted by Crippen LogP contribution is 2.11. The van der Waals surface area contributed by atoms with Gasteiger partial charge in [0.2, 0.25) is 5.91 Å². The monoisotopic (exact) mass is 269 g/mol. The molecule has 0 saturated heterocycles. The van der Waals surface area contributed by atoms with Gasteiger partial charge in [-0.15, -0.1) is 0 Å². The molecule has 3 N–H and O–H groups in total. The molecule has 0 spiro atoms. The summed E-state index contributed by atoms with van der Waals surface area (Å²) in [4.78, 5) is 11.8. The molecule has 6 nitrogen and oxygen atoms in total. The van der Waals surface area contributed by atoms with Crippen LogP contribution in [0.4, 0.5) is 0 Å². The summed E-state index contributed by atoms with van der Waals surface area (Å²) in [7, 11) is 1.58. The number of aromatic nitrogens is 2. The van der Waals surface area contributed by atoms with Crippen LogP contribution >= 0.6 is 0 Å². The lowest BCUT2D eigenvalue weighted by Crippen LogP contribution is -2.41. The Morgan fingerprint density at radius 1 is 1.53 bits per heavy atom. The summed E-state index contributed by atoms with van der Waals surface area (Å²) in [6, 6.07) is 0. The average molecular weight is 269 g/mol. The number of carbonyl (C=O) groups is 1. The second kappa shape index (κ2) is 6.68. The SMILES string of the molecule is COCCC(C)(O)CNC(=O)Cc1c(C)n[nH]c1C. The van der Waals surface area contributed by atoms with Crippen molar-refractivity contribution in [3.05, 3.63) is 17.0 Å². The van der Waals surface area contributed by atoms with Gasteiger partial charge in [0.05, 0.1) is 17.7 Å². The van der Waals surface area contributed by atoms with Gasteiger partial charge in [-0.05, 0) is 20.8 Å². The van der Waals surface area contributed by atoms with Gasteiger partial charge in [0, 0.05) is 37.9 Å². The second-order valence-electron chi connectivity index (χ2n) is 5.11. The van der Waals surface area contributed by atoms with Gasteiger partial charge in [-0.3, -0.25) is 9.89 Å². The highest BCUT2D eigenvalue weighted by Gasteiger charge is 2.21. The number of carbonyl (C=O) groups excluding carboxylic acids is 1. The first-order valence-corrected chi connectivity index (χ1v) is 6.34. The van der Waals surface area contributed by atoms with Gasteiger partial charge in [0.25, 0.3) is 0 Å². The van der Waals surface area contributed by atoms with Gasteiger partial charge in [-0.25, -0.2) is 0 Å². The molecule has 0 bridgehead atoms. The molecule has 0 saturated carbocycles. The number of methoxy groups -OCH3 is 1. The minimum Gasteiger partial charge on any atom is -0.388 e. The third-order valence-electron chi connectivity index (χ3n) is 3.13. The molecule has 1 rings (SSSR count). The number of rotatable bonds is 7. The lowest BCUT2D eigenvalue weighted by molar-refractivity contribution is -0.121. The lowest BCUT2D eigenvalue weighted by atomic mass is 10.0. The van der Waals surface area contributed by atoms with E-state index in [2.05, 4.69) is 15.5 Å². The van der Waals surface area contributed by atoms with E-state index in [1.807, 2.05) is 13.8 Å². The molecule has 0 aliphatic heterocycles. The van der Waals surface area contributed by atoms with Gasteiger partial charge in [-0.2, -0.15) is 5.10 Å². The van der Waals surface area contributed by atoms with Crippen LogP contribution in [0.1, 0.15) is 30.3 Å². The first-order valence-electron chi connectivity index (χ1n) is 6.34. The summed E-state index contributed by atoms with van der Waals surface area (Å²) in [5, 5.41) is 19.6. The van der Waals surface area contributed by atoms with E-state index in [0.717, 1.165) is 17.0 Å². The maximum Gasteiger partial charge on any atom is 0.224 e. The molecule has 1 amide bonds. The van der Waals surface area contributed by atoms with Crippen LogP contribution in [0.5, 0.6) is 0 Å². The Hall–Kier alpha value is -1.40. The Morgan fingerprint density at radius 2 is 2.21 bits per heavy atom. The first-order chi connectivity index (χ1) is 8.85. The molecule has 0 fully saturated rings. The van der Waals surface area contributed by atoms with E-state index >= 15 is 0 Å². The van der Waals surface area contributed by atoms with Crippen molar-refractivity contribution in [2.24, 2.45) is 0 Å². The van der Waals surface area contributed by atoms with Crippen molar-refractivity contribution >= 4 is 5.91 Å². The van der Waals surface area contributed by atoms with Crippen LogP contribution in [0.3, 0.4) is 0 Å². The third-order valence-corrected chi connectivity index (χ3v) is 3.13. The van der Waals surface area contributed by atoms with Crippen molar-refractivity contribution < 1.29 is 14.6 Å². The number of hydrogen-bond acceptors (Lipinski definition) is 4. The Balaban J connectivity index is 2.44. The minimum absolute atomic E-state index is 0.120. The van der Waals surface area contributed by atoms with Crippen molar-refractivity contribution in [2.45, 2.75) is 39.2 Å². The van der Waals surface area contributed by atoms with E-state index in [4.69, 9.17) is 4.74 Å². The highest BCUT2D eigenvalue weighted by molar-refractivity contribution is 5.79. The topological polar surface area (TPSA) is 87.2 Å². The molecule has 0 aliphatic rings. The predicted octanol–water partition coefficient (Wildman–Crippen LogP) is 0.473. The molecule has 108 valence electrons. The van der Waals surface area contributed by atoms with Gasteiger partial charge in [0.15, 0.2) is 0 Å². The summed E-state index contributed by atoms with van der Waals surface area (Å²) in [5.74, 6) is -0.120. The van der Waals surface area contributed by atoms with E-state index in [1.54, 1.807) is 14.0 Å². The molecular weight excluding hydrogens is 246 g/mol. The van der Waals surface area contributed by atoms with Crippen molar-refractivity contribution in [1.29, 1.82) is 0 Å². The number of aliphatic hydroxyl groups is 1. The summed E-state index contributed by atoms with van der Waals surface area (Å²) in [6.07, 6.45) is 0.752. The summed E-state index contributed by atoms with van der Waals surface area (Å²) in [5.41, 5.74) is 1.69. The molecule has 1 unspecified atom stereocenters. The predicted molar refractivity (Wildman–Crippen MR) is 71.9 cm³/mol. The van der Waals surface area contributed by atoms with E-state index in [-0.39, 0.29) is 18.9 Å². The van der Waals surface area contributed by atoms with Crippen molar-refractivity contribution in [1.82, 2.24) is 15.5 Å². The quantitative estimate of drug-likeness (QED) is 0.671. The molecule has 6 heteroatoms. The zero-order valence-corrected chi connectivity index (χ0v) is 12.0. The summed E-state index contributed by atoms with van der Waals surface area (Å²) in [6.45, 7) is 6.10. The zero-order chi connectivity index (χ0) is 14.5. The molecule has 1 atom stereocenters. The largest absolute Gasteiger partial charge is 0.388 e. The Bertz CT molecular complexity index is 407. The fourth-order valence-corrected chi connectivity index (χ4v) is 1.76. The molecule has 1 aromatic rings. The normalized spacial score (nSPS) is 14.2. The number of aryl methyl sites for hydroxylation is 2. The Labute approximate surface area is 113 Å². The van der Waals surface area contributed by atoms with Crippen LogP contribution in [-0.2, 0) is 16.0 Å². The van der Waals surface area contributed by atoms with E-state index < -0.39 is 5.60 Å². The average Bonchev–Trinajstić information content (AvgIpc) is 2.66. The number of ether oxygens (including phenoxy) is 1. The Kier molecular flexibility index (Phi) is 5.50. The van der Waals surface area contributed by atoms with Crippen LogP contribution in [0.25, 0.3) is 0 Å². The number of H-pyrrole nitrogens is 1. The number of amides is 1. The fraction of sp³-hybridized carbons (Fsp3) is 0.692. The van der Waals surface area contributed by atoms with Crippen molar-refractivity contribution in [3.8, 4) is 0 Å². The molecule has 1 heterocycles. The van der Waals surface area contributed by atoms with Crippen LogP contribution in [0.15, 0.2) is 0 Å². The fourth-order valence-electron chi connectivity index (χ4n) is 1.76. The minimum atomic E-state index is -0.952. The van der Waals surface area contributed by atoms with Crippen LogP contribution in [0, 0.1) is 13.8 Å². The third kappa shape index (κ3) is 5.00. The van der Waals surface area contributed by atoms with Crippen LogP contribution in [0.2, 0.25) is 0 Å². The van der Waals surface area contributed by atoms with E-state index in [1.165, 1.54) is 0 Å². The van der Waals surface area contributed by atoms with E-state index in [9.17, 15) is 9.90 Å². The first kappa shape index (κ1) is 15.7.